The van der Waals surface area contributed by atoms with Crippen molar-refractivity contribution in [3.63, 3.8) is 0 Å². The first-order chi connectivity index (χ1) is 8.15. The van der Waals surface area contributed by atoms with E-state index in [4.69, 9.17) is 9.84 Å². The second-order valence-corrected chi connectivity index (χ2v) is 3.44. The monoisotopic (exact) mass is 241 g/mol. The van der Waals surface area contributed by atoms with Gasteiger partial charge in [0.15, 0.2) is 5.82 Å². The van der Waals surface area contributed by atoms with Crippen LogP contribution in [0.1, 0.15) is 12.8 Å². The molecule has 1 rings (SSSR count). The van der Waals surface area contributed by atoms with Crippen molar-refractivity contribution in [3.05, 3.63) is 22.7 Å². The van der Waals surface area contributed by atoms with Gasteiger partial charge in [-0.05, 0) is 12.8 Å². The fraction of sp³-hybridized carbons (Fsp3) is 0.500. The first-order valence-electron chi connectivity index (χ1n) is 5.17. The number of methoxy groups -OCH3 is 1. The molecular weight excluding hydrogens is 226 g/mol. The van der Waals surface area contributed by atoms with Crippen LogP contribution in [0.5, 0.6) is 0 Å². The number of carboxylic acid groups (broad SMARTS) is 1. The summed E-state index contributed by atoms with van der Waals surface area (Å²) in [5.74, 6) is -1.01. The van der Waals surface area contributed by atoms with Gasteiger partial charge in [-0.15, -0.1) is 0 Å². The minimum Gasteiger partial charge on any atom is -0.480 e. The quantitative estimate of drug-likeness (QED) is 0.583. The third-order valence-corrected chi connectivity index (χ3v) is 2.16. The van der Waals surface area contributed by atoms with Crippen molar-refractivity contribution in [1.29, 1.82) is 0 Å². The molecule has 3 N–H and O–H groups in total. The number of nitrogens with zero attached hydrogens (tertiary/aromatic N) is 1. The lowest BCUT2D eigenvalue weighted by Gasteiger charge is -2.13. The summed E-state index contributed by atoms with van der Waals surface area (Å²) in [6, 6.07) is -0.846. The molecule has 7 nitrogen and oxygen atoms in total. The molecule has 0 aliphatic heterocycles. The maximum absolute atomic E-state index is 11.3. The molecule has 0 saturated carbocycles. The van der Waals surface area contributed by atoms with Crippen LogP contribution in [0.4, 0.5) is 5.82 Å². The Bertz CT molecular complexity index is 418. The van der Waals surface area contributed by atoms with Crippen LogP contribution in [0.15, 0.2) is 17.2 Å². The Kier molecular flexibility index (Phi) is 5.15. The normalized spacial score (nSPS) is 12.1. The van der Waals surface area contributed by atoms with Gasteiger partial charge in [0.25, 0.3) is 5.56 Å². The van der Waals surface area contributed by atoms with E-state index < -0.39 is 17.6 Å². The van der Waals surface area contributed by atoms with Gasteiger partial charge in [0, 0.05) is 26.1 Å². The molecular formula is C10H15N3O4. The Morgan fingerprint density at radius 3 is 3.06 bits per heavy atom. The number of aromatic amines is 1. The molecule has 1 unspecified atom stereocenters. The van der Waals surface area contributed by atoms with E-state index in [9.17, 15) is 9.59 Å². The number of carbonyl (C=O) groups is 1. The molecule has 94 valence electrons. The van der Waals surface area contributed by atoms with Gasteiger partial charge in [-0.3, -0.25) is 4.79 Å². The predicted octanol–water partition coefficient (Wildman–Crippen LogP) is 0.0616. The zero-order valence-corrected chi connectivity index (χ0v) is 9.47. The highest BCUT2D eigenvalue weighted by Crippen LogP contribution is 2.04. The Morgan fingerprint density at radius 1 is 1.71 bits per heavy atom. The highest BCUT2D eigenvalue weighted by molar-refractivity contribution is 5.76. The first kappa shape index (κ1) is 13.2. The Morgan fingerprint density at radius 2 is 2.47 bits per heavy atom. The highest BCUT2D eigenvalue weighted by Gasteiger charge is 2.18. The molecule has 1 aromatic rings. The van der Waals surface area contributed by atoms with Gasteiger partial charge in [-0.2, -0.15) is 0 Å². The summed E-state index contributed by atoms with van der Waals surface area (Å²) < 4.78 is 4.84. The zero-order chi connectivity index (χ0) is 12.7. The number of ether oxygens (including phenoxy) is 1. The fourth-order valence-electron chi connectivity index (χ4n) is 1.31. The second kappa shape index (κ2) is 6.64. The SMILES string of the molecule is COCCCC(Nc1ncc[nH]c1=O)C(=O)O. The summed E-state index contributed by atoms with van der Waals surface area (Å²) >= 11 is 0. The van der Waals surface area contributed by atoms with Crippen LogP contribution in [-0.2, 0) is 9.53 Å². The maximum Gasteiger partial charge on any atom is 0.326 e. The lowest BCUT2D eigenvalue weighted by atomic mass is 10.1. The number of carboxylic acids is 1. The fourth-order valence-corrected chi connectivity index (χ4v) is 1.31. The molecule has 0 amide bonds. The minimum absolute atomic E-state index is 0.0114. The average Bonchev–Trinajstić information content (AvgIpc) is 2.30. The number of nitrogens with one attached hydrogen (secondary N) is 2. The van der Waals surface area contributed by atoms with Crippen molar-refractivity contribution >= 4 is 11.8 Å². The van der Waals surface area contributed by atoms with Crippen LogP contribution in [-0.4, -0.2) is 40.8 Å². The van der Waals surface area contributed by atoms with Crippen molar-refractivity contribution < 1.29 is 14.6 Å². The van der Waals surface area contributed by atoms with Crippen molar-refractivity contribution in [1.82, 2.24) is 9.97 Å². The molecule has 0 aliphatic rings. The van der Waals surface area contributed by atoms with Crippen LogP contribution in [0.25, 0.3) is 0 Å². The lowest BCUT2D eigenvalue weighted by Crippen LogP contribution is -2.32. The standard InChI is InChI=1S/C10H15N3O4/c1-17-6-2-3-7(10(15)16)13-8-9(14)12-5-4-11-8/h4-5,7H,2-3,6H2,1H3,(H,11,13)(H,12,14)(H,15,16). The zero-order valence-electron chi connectivity index (χ0n) is 9.47. The number of anilines is 1. The molecule has 1 atom stereocenters. The molecule has 0 spiro atoms. The Hall–Kier alpha value is -1.89. The maximum atomic E-state index is 11.3. The van der Waals surface area contributed by atoms with E-state index in [0.29, 0.717) is 19.4 Å². The number of hydrogen-bond donors (Lipinski definition) is 3. The van der Waals surface area contributed by atoms with E-state index >= 15 is 0 Å². The molecule has 17 heavy (non-hydrogen) atoms. The van der Waals surface area contributed by atoms with Crippen LogP contribution in [0.2, 0.25) is 0 Å². The van der Waals surface area contributed by atoms with Gasteiger partial charge in [-0.25, -0.2) is 9.78 Å². The van der Waals surface area contributed by atoms with Gasteiger partial charge in [0.2, 0.25) is 0 Å². The van der Waals surface area contributed by atoms with Crippen molar-refractivity contribution in [2.75, 3.05) is 19.0 Å². The summed E-state index contributed by atoms with van der Waals surface area (Å²) in [6.45, 7) is 0.476. The summed E-state index contributed by atoms with van der Waals surface area (Å²) in [6.07, 6.45) is 3.72. The molecule has 0 saturated heterocycles. The summed E-state index contributed by atoms with van der Waals surface area (Å²) in [7, 11) is 1.55. The number of rotatable bonds is 7. The van der Waals surface area contributed by atoms with E-state index in [-0.39, 0.29) is 5.82 Å². The van der Waals surface area contributed by atoms with E-state index in [1.807, 2.05) is 0 Å². The van der Waals surface area contributed by atoms with Crippen molar-refractivity contribution in [2.24, 2.45) is 0 Å². The number of hydrogen-bond acceptors (Lipinski definition) is 5. The minimum atomic E-state index is -1.02. The van der Waals surface area contributed by atoms with E-state index in [1.165, 1.54) is 12.4 Å². The molecule has 1 heterocycles. The van der Waals surface area contributed by atoms with E-state index in [2.05, 4.69) is 15.3 Å². The number of aliphatic carboxylic acids is 1. The third-order valence-electron chi connectivity index (χ3n) is 2.16. The number of aromatic nitrogens is 2. The van der Waals surface area contributed by atoms with Gasteiger partial charge in [0.05, 0.1) is 0 Å². The Balaban J connectivity index is 2.64. The molecule has 7 heteroatoms. The van der Waals surface area contributed by atoms with Gasteiger partial charge in [0.1, 0.15) is 6.04 Å². The van der Waals surface area contributed by atoms with Gasteiger partial charge < -0.3 is 20.1 Å². The summed E-state index contributed by atoms with van der Waals surface area (Å²) in [5, 5.41) is 11.6. The third kappa shape index (κ3) is 4.23. The van der Waals surface area contributed by atoms with E-state index in [0.717, 1.165) is 0 Å². The first-order valence-corrected chi connectivity index (χ1v) is 5.17. The summed E-state index contributed by atoms with van der Waals surface area (Å²) in [5.41, 5.74) is -0.439. The van der Waals surface area contributed by atoms with Crippen LogP contribution in [0, 0.1) is 0 Å². The largest absolute Gasteiger partial charge is 0.480 e. The van der Waals surface area contributed by atoms with Gasteiger partial charge in [-0.1, -0.05) is 0 Å². The lowest BCUT2D eigenvalue weighted by molar-refractivity contribution is -0.138. The van der Waals surface area contributed by atoms with Crippen molar-refractivity contribution in [3.8, 4) is 0 Å². The topological polar surface area (TPSA) is 104 Å². The van der Waals surface area contributed by atoms with Crippen molar-refractivity contribution in [2.45, 2.75) is 18.9 Å². The van der Waals surface area contributed by atoms with Crippen LogP contribution >= 0.6 is 0 Å². The summed E-state index contributed by atoms with van der Waals surface area (Å²) in [4.78, 5) is 28.5. The molecule has 0 aromatic carbocycles. The van der Waals surface area contributed by atoms with Gasteiger partial charge >= 0.3 is 5.97 Å². The molecule has 0 bridgehead atoms. The van der Waals surface area contributed by atoms with Crippen LogP contribution < -0.4 is 10.9 Å². The molecule has 0 aliphatic carbocycles. The molecule has 0 radical (unpaired) electrons. The molecule has 0 fully saturated rings. The molecule has 1 aromatic heterocycles. The number of H-pyrrole nitrogens is 1. The second-order valence-electron chi connectivity index (χ2n) is 3.44. The van der Waals surface area contributed by atoms with Crippen LogP contribution in [0.3, 0.4) is 0 Å². The highest BCUT2D eigenvalue weighted by atomic mass is 16.5. The van der Waals surface area contributed by atoms with E-state index in [1.54, 1.807) is 7.11 Å². The average molecular weight is 241 g/mol. The Labute approximate surface area is 97.8 Å². The smallest absolute Gasteiger partial charge is 0.326 e. The predicted molar refractivity (Wildman–Crippen MR) is 61.0 cm³/mol.